The number of benzene rings is 2. The highest BCUT2D eigenvalue weighted by Crippen LogP contribution is 2.21. The summed E-state index contributed by atoms with van der Waals surface area (Å²) in [6.07, 6.45) is 0.839. The zero-order valence-electron chi connectivity index (χ0n) is 18.5. The number of aromatic nitrogens is 3. The first-order chi connectivity index (χ1) is 15.6. The van der Waals surface area contributed by atoms with Crippen molar-refractivity contribution in [2.24, 2.45) is 0 Å². The lowest BCUT2D eigenvalue weighted by atomic mass is 10.0. The van der Waals surface area contributed by atoms with Crippen molar-refractivity contribution in [1.29, 1.82) is 0 Å². The Bertz CT molecular complexity index is 1270. The van der Waals surface area contributed by atoms with Crippen LogP contribution in [0.2, 0.25) is 0 Å². The molecule has 3 heterocycles. The fourth-order valence-electron chi connectivity index (χ4n) is 4.50. The molecule has 0 radical (unpaired) electrons. The van der Waals surface area contributed by atoms with E-state index in [4.69, 9.17) is 4.42 Å². The van der Waals surface area contributed by atoms with Gasteiger partial charge in [0.15, 0.2) is 5.82 Å². The second kappa shape index (κ2) is 8.59. The van der Waals surface area contributed by atoms with E-state index in [-0.39, 0.29) is 5.91 Å². The summed E-state index contributed by atoms with van der Waals surface area (Å²) in [7, 11) is 0. The quantitative estimate of drug-likeness (QED) is 0.524. The van der Waals surface area contributed by atoms with Crippen LogP contribution in [0.1, 0.15) is 39.1 Å². The highest BCUT2D eigenvalue weighted by Gasteiger charge is 2.20. The van der Waals surface area contributed by atoms with Crippen molar-refractivity contribution in [1.82, 2.24) is 25.0 Å². The summed E-state index contributed by atoms with van der Waals surface area (Å²) in [5, 5.41) is 14.3. The maximum absolute atomic E-state index is 12.5. The number of fused-ring (bicyclic) bond motifs is 2. The van der Waals surface area contributed by atoms with Crippen molar-refractivity contribution in [3.63, 3.8) is 0 Å². The van der Waals surface area contributed by atoms with Crippen LogP contribution in [0.15, 0.2) is 52.9 Å². The van der Waals surface area contributed by atoms with Gasteiger partial charge in [0.25, 0.3) is 5.91 Å². The molecule has 32 heavy (non-hydrogen) atoms. The van der Waals surface area contributed by atoms with Gasteiger partial charge < -0.3 is 14.3 Å². The Balaban J connectivity index is 1.25. The van der Waals surface area contributed by atoms with E-state index in [0.717, 1.165) is 50.0 Å². The van der Waals surface area contributed by atoms with Gasteiger partial charge >= 0.3 is 0 Å². The molecule has 0 bridgehead atoms. The van der Waals surface area contributed by atoms with E-state index in [9.17, 15) is 4.79 Å². The lowest BCUT2D eigenvalue weighted by Crippen LogP contribution is -2.28. The topological polar surface area (TPSA) is 76.2 Å². The number of amides is 1. The second-order valence-corrected chi connectivity index (χ2v) is 8.36. The minimum Gasteiger partial charge on any atom is -0.466 e. The minimum absolute atomic E-state index is 0.150. The van der Waals surface area contributed by atoms with Gasteiger partial charge in [-0.05, 0) is 36.2 Å². The van der Waals surface area contributed by atoms with Crippen LogP contribution in [-0.4, -0.2) is 38.7 Å². The van der Waals surface area contributed by atoms with Gasteiger partial charge in [0.05, 0.1) is 12.1 Å². The standard InChI is InChI=1S/C25H27N5O2/c1-17-14-22(18(2)32-17)25(31)26-15-24-28-27-23-10-11-29(12-13-30(23)24)16-20-8-5-7-19-6-3-4-9-21(19)20/h3-9,14H,10-13,15-16H2,1-2H3,(H,26,31). The summed E-state index contributed by atoms with van der Waals surface area (Å²) in [6, 6.07) is 16.8. The van der Waals surface area contributed by atoms with E-state index >= 15 is 0 Å². The summed E-state index contributed by atoms with van der Waals surface area (Å²) in [6.45, 7) is 7.55. The number of carbonyl (C=O) groups excluding carboxylic acids is 1. The van der Waals surface area contributed by atoms with Gasteiger partial charge in [-0.2, -0.15) is 0 Å². The molecule has 2 aromatic carbocycles. The number of furan rings is 1. The number of rotatable bonds is 5. The van der Waals surface area contributed by atoms with Crippen LogP contribution in [0.5, 0.6) is 0 Å². The molecule has 1 aliphatic heterocycles. The van der Waals surface area contributed by atoms with E-state index in [1.807, 2.05) is 6.92 Å². The van der Waals surface area contributed by atoms with Crippen LogP contribution in [0.3, 0.4) is 0 Å². The highest BCUT2D eigenvalue weighted by molar-refractivity contribution is 5.95. The minimum atomic E-state index is -0.150. The Labute approximate surface area is 187 Å². The summed E-state index contributed by atoms with van der Waals surface area (Å²) in [5.41, 5.74) is 1.92. The van der Waals surface area contributed by atoms with E-state index in [1.165, 1.54) is 16.3 Å². The van der Waals surface area contributed by atoms with Gasteiger partial charge in [-0.1, -0.05) is 42.5 Å². The molecule has 0 spiro atoms. The number of carbonyl (C=O) groups is 1. The average molecular weight is 430 g/mol. The summed E-state index contributed by atoms with van der Waals surface area (Å²) < 4.78 is 7.62. The fraction of sp³-hybridized carbons (Fsp3) is 0.320. The van der Waals surface area contributed by atoms with Crippen LogP contribution < -0.4 is 5.32 Å². The number of hydrogen-bond donors (Lipinski definition) is 1. The largest absolute Gasteiger partial charge is 0.466 e. The molecule has 1 aliphatic rings. The Morgan fingerprint density at radius 2 is 1.91 bits per heavy atom. The van der Waals surface area contributed by atoms with Crippen LogP contribution in [0.25, 0.3) is 10.8 Å². The van der Waals surface area contributed by atoms with Crippen molar-refractivity contribution in [2.75, 3.05) is 13.1 Å². The SMILES string of the molecule is Cc1cc(C(=O)NCc2nnc3n2CCN(Cc2cccc4ccccc24)CC3)c(C)o1. The van der Waals surface area contributed by atoms with Crippen LogP contribution >= 0.6 is 0 Å². The van der Waals surface area contributed by atoms with Gasteiger partial charge in [-0.15, -0.1) is 10.2 Å². The Morgan fingerprint density at radius 1 is 1.06 bits per heavy atom. The molecule has 0 aliphatic carbocycles. The van der Waals surface area contributed by atoms with E-state index in [2.05, 4.69) is 67.4 Å². The van der Waals surface area contributed by atoms with Crippen molar-refractivity contribution in [2.45, 2.75) is 39.9 Å². The predicted molar refractivity (Wildman–Crippen MR) is 122 cm³/mol. The zero-order chi connectivity index (χ0) is 22.1. The molecule has 5 rings (SSSR count). The molecule has 0 saturated carbocycles. The lowest BCUT2D eigenvalue weighted by molar-refractivity contribution is 0.0948. The molecular formula is C25H27N5O2. The maximum atomic E-state index is 12.5. The lowest BCUT2D eigenvalue weighted by Gasteiger charge is -2.20. The molecule has 4 aromatic rings. The van der Waals surface area contributed by atoms with Crippen LogP contribution in [0.4, 0.5) is 0 Å². The van der Waals surface area contributed by atoms with Gasteiger partial charge in [0.2, 0.25) is 0 Å². The zero-order valence-corrected chi connectivity index (χ0v) is 18.5. The molecule has 0 saturated heterocycles. The molecule has 7 heteroatoms. The average Bonchev–Trinajstić information content (AvgIpc) is 3.28. The number of nitrogens with zero attached hydrogens (tertiary/aromatic N) is 4. The molecule has 2 aromatic heterocycles. The van der Waals surface area contributed by atoms with E-state index in [0.29, 0.717) is 17.9 Å². The van der Waals surface area contributed by atoms with Crippen molar-refractivity contribution in [3.8, 4) is 0 Å². The van der Waals surface area contributed by atoms with Crippen molar-refractivity contribution < 1.29 is 9.21 Å². The number of nitrogens with one attached hydrogen (secondary N) is 1. The monoisotopic (exact) mass is 429 g/mol. The molecule has 0 fully saturated rings. The molecule has 7 nitrogen and oxygen atoms in total. The third-order valence-corrected chi connectivity index (χ3v) is 6.16. The third-order valence-electron chi connectivity index (χ3n) is 6.16. The van der Waals surface area contributed by atoms with Gasteiger partial charge in [0, 0.05) is 32.6 Å². The number of aryl methyl sites for hydroxylation is 2. The maximum Gasteiger partial charge on any atom is 0.255 e. The summed E-state index contributed by atoms with van der Waals surface area (Å²) in [4.78, 5) is 15.0. The summed E-state index contributed by atoms with van der Waals surface area (Å²) >= 11 is 0. The molecular weight excluding hydrogens is 402 g/mol. The first kappa shape index (κ1) is 20.5. The normalized spacial score (nSPS) is 14.3. The highest BCUT2D eigenvalue weighted by atomic mass is 16.3. The van der Waals surface area contributed by atoms with Crippen molar-refractivity contribution in [3.05, 3.63) is 82.8 Å². The first-order valence-electron chi connectivity index (χ1n) is 11.0. The Morgan fingerprint density at radius 3 is 2.75 bits per heavy atom. The van der Waals surface area contributed by atoms with Crippen LogP contribution in [0, 0.1) is 13.8 Å². The third kappa shape index (κ3) is 4.03. The predicted octanol–water partition coefficient (Wildman–Crippen LogP) is 3.63. The van der Waals surface area contributed by atoms with E-state index < -0.39 is 0 Å². The smallest absolute Gasteiger partial charge is 0.255 e. The summed E-state index contributed by atoms with van der Waals surface area (Å²) in [5.74, 6) is 2.98. The number of hydrogen-bond acceptors (Lipinski definition) is 5. The van der Waals surface area contributed by atoms with Crippen molar-refractivity contribution >= 4 is 16.7 Å². The molecule has 1 N–H and O–H groups in total. The molecule has 0 atom stereocenters. The van der Waals surface area contributed by atoms with Gasteiger partial charge in [0.1, 0.15) is 17.3 Å². The van der Waals surface area contributed by atoms with Gasteiger partial charge in [-0.25, -0.2) is 0 Å². The molecule has 164 valence electrons. The fourth-order valence-corrected chi connectivity index (χ4v) is 4.50. The second-order valence-electron chi connectivity index (χ2n) is 8.36. The van der Waals surface area contributed by atoms with Gasteiger partial charge in [-0.3, -0.25) is 9.69 Å². The Kier molecular flexibility index (Phi) is 5.49. The molecule has 1 amide bonds. The Hall–Kier alpha value is -3.45. The first-order valence-corrected chi connectivity index (χ1v) is 11.0. The van der Waals surface area contributed by atoms with Crippen LogP contribution in [-0.2, 0) is 26.1 Å². The van der Waals surface area contributed by atoms with E-state index in [1.54, 1.807) is 13.0 Å². The molecule has 0 unspecified atom stereocenters.